The molecule has 7 heteroatoms. The lowest BCUT2D eigenvalue weighted by molar-refractivity contribution is 0.134. The number of alkyl halides is 1. The van der Waals surface area contributed by atoms with Crippen LogP contribution in [0.5, 0.6) is 0 Å². The monoisotopic (exact) mass is 456 g/mol. The van der Waals surface area contributed by atoms with E-state index in [0.29, 0.717) is 30.6 Å². The van der Waals surface area contributed by atoms with E-state index in [2.05, 4.69) is 68.7 Å². The number of hydrogen-bond acceptors (Lipinski definition) is 6. The number of benzene rings is 2. The van der Waals surface area contributed by atoms with Crippen LogP contribution in [0.2, 0.25) is 0 Å². The second-order valence-electron chi connectivity index (χ2n) is 9.82. The quantitative estimate of drug-likeness (QED) is 0.619. The van der Waals surface area contributed by atoms with Gasteiger partial charge in [0.1, 0.15) is 12.2 Å². The van der Waals surface area contributed by atoms with Crippen LogP contribution in [0, 0.1) is 11.3 Å². The highest BCUT2D eigenvalue weighted by atomic mass is 19.1. The van der Waals surface area contributed by atoms with E-state index in [0.717, 1.165) is 48.5 Å². The van der Waals surface area contributed by atoms with Crippen molar-refractivity contribution in [2.45, 2.75) is 44.2 Å². The van der Waals surface area contributed by atoms with Crippen LogP contribution in [0.1, 0.15) is 36.1 Å². The smallest absolute Gasteiger partial charge is 0.114 e. The Kier molecular flexibility index (Phi) is 5.35. The Morgan fingerprint density at radius 1 is 1.24 bits per heavy atom. The summed E-state index contributed by atoms with van der Waals surface area (Å²) < 4.78 is 13.4. The highest BCUT2D eigenvalue weighted by Crippen LogP contribution is 2.42. The Morgan fingerprint density at radius 3 is 2.97 bits per heavy atom. The number of piperazine rings is 1. The average molecular weight is 457 g/mol. The van der Waals surface area contributed by atoms with Crippen LogP contribution in [0.15, 0.2) is 48.7 Å². The van der Waals surface area contributed by atoms with Crippen LogP contribution < -0.4 is 15.5 Å². The van der Waals surface area contributed by atoms with Crippen LogP contribution >= 0.6 is 0 Å². The minimum atomic E-state index is -0.726. The maximum atomic E-state index is 13.4. The van der Waals surface area contributed by atoms with E-state index < -0.39 is 6.17 Å². The summed E-state index contributed by atoms with van der Waals surface area (Å²) in [5.74, 6) is 0. The third-order valence-corrected chi connectivity index (χ3v) is 7.63. The molecule has 4 atom stereocenters. The molecule has 34 heavy (non-hydrogen) atoms. The molecule has 2 N–H and O–H groups in total. The van der Waals surface area contributed by atoms with Gasteiger partial charge in [-0.25, -0.2) is 4.39 Å². The first-order valence-electron chi connectivity index (χ1n) is 12.1. The van der Waals surface area contributed by atoms with Crippen molar-refractivity contribution in [1.82, 2.24) is 15.2 Å². The second-order valence-corrected chi connectivity index (χ2v) is 9.82. The molecule has 1 aromatic heterocycles. The van der Waals surface area contributed by atoms with Crippen molar-refractivity contribution in [2.24, 2.45) is 0 Å². The zero-order chi connectivity index (χ0) is 23.2. The van der Waals surface area contributed by atoms with Gasteiger partial charge in [0.15, 0.2) is 0 Å². The summed E-state index contributed by atoms with van der Waals surface area (Å²) in [7, 11) is 0. The van der Waals surface area contributed by atoms with E-state index in [1.165, 1.54) is 11.1 Å². The van der Waals surface area contributed by atoms with Gasteiger partial charge < -0.3 is 15.5 Å². The Bertz CT molecular complexity index is 1270. The number of nitrogens with one attached hydrogen (secondary N) is 2. The summed E-state index contributed by atoms with van der Waals surface area (Å²) in [5, 5.41) is 17.3. The zero-order valence-electron chi connectivity index (χ0n) is 19.3. The standard InChI is InChI=1S/C27H29FN6/c1-17-14-33(25-7-4-18(11-29)27-24(25)3-2-8-30-27)16-26-23-6-5-21(9-19(23)15-34(17)26)32-13-22-10-20(28)12-31-22/h2-9,17,20,22,26,31-32H,10,12-16H2,1H3. The number of anilines is 2. The molecule has 2 aromatic carbocycles. The summed E-state index contributed by atoms with van der Waals surface area (Å²) in [4.78, 5) is 9.55. The third-order valence-electron chi connectivity index (χ3n) is 7.63. The van der Waals surface area contributed by atoms with Gasteiger partial charge in [-0.1, -0.05) is 6.07 Å². The van der Waals surface area contributed by atoms with Crippen molar-refractivity contribution in [3.63, 3.8) is 0 Å². The van der Waals surface area contributed by atoms with Gasteiger partial charge in [-0.15, -0.1) is 0 Å². The highest BCUT2D eigenvalue weighted by Gasteiger charge is 2.39. The Hall–Kier alpha value is -3.21. The fourth-order valence-electron chi connectivity index (χ4n) is 5.92. The molecule has 0 bridgehead atoms. The molecular weight excluding hydrogens is 427 g/mol. The summed E-state index contributed by atoms with van der Waals surface area (Å²) >= 11 is 0. The van der Waals surface area contributed by atoms with E-state index in [-0.39, 0.29) is 6.04 Å². The Morgan fingerprint density at radius 2 is 2.15 bits per heavy atom. The lowest BCUT2D eigenvalue weighted by atomic mass is 9.99. The summed E-state index contributed by atoms with van der Waals surface area (Å²) in [6.45, 7) is 6.30. The number of nitrogens with zero attached hydrogens (tertiary/aromatic N) is 4. The van der Waals surface area contributed by atoms with Gasteiger partial charge in [-0.3, -0.25) is 9.88 Å². The first-order valence-corrected chi connectivity index (χ1v) is 12.1. The average Bonchev–Trinajstić information content (AvgIpc) is 3.45. The van der Waals surface area contributed by atoms with Gasteiger partial charge in [0, 0.05) is 67.8 Å². The maximum Gasteiger partial charge on any atom is 0.114 e. The fraction of sp³-hybridized carbons (Fsp3) is 0.407. The molecule has 0 radical (unpaired) electrons. The molecule has 3 aliphatic heterocycles. The Balaban J connectivity index is 1.24. The normalized spacial score (nSPS) is 26.3. The second kappa shape index (κ2) is 8.53. The zero-order valence-corrected chi connectivity index (χ0v) is 19.3. The van der Waals surface area contributed by atoms with Crippen LogP contribution in [-0.2, 0) is 6.54 Å². The molecule has 174 valence electrons. The van der Waals surface area contributed by atoms with Crippen molar-refractivity contribution in [3.8, 4) is 6.07 Å². The SMILES string of the molecule is CC1CN(c2ccc(C#N)c3ncccc23)CC2c3ccc(NCC4CC(F)CN4)cc3CN12. The van der Waals surface area contributed by atoms with Crippen molar-refractivity contribution in [2.75, 3.05) is 36.4 Å². The number of halogens is 1. The highest BCUT2D eigenvalue weighted by molar-refractivity contribution is 5.95. The first kappa shape index (κ1) is 21.3. The number of nitriles is 1. The van der Waals surface area contributed by atoms with E-state index in [1.807, 2.05) is 12.1 Å². The van der Waals surface area contributed by atoms with Crippen molar-refractivity contribution >= 4 is 22.3 Å². The topological polar surface area (TPSA) is 67.2 Å². The summed E-state index contributed by atoms with van der Waals surface area (Å²) in [5.41, 5.74) is 6.41. The maximum absolute atomic E-state index is 13.4. The number of rotatable bonds is 4. The Labute approximate surface area is 199 Å². The molecule has 0 aliphatic carbocycles. The minimum Gasteiger partial charge on any atom is -0.383 e. The molecule has 4 heterocycles. The molecule has 6 nitrogen and oxygen atoms in total. The number of aromatic nitrogens is 1. The number of hydrogen-bond donors (Lipinski definition) is 2. The first-order chi connectivity index (χ1) is 16.6. The molecule has 3 aromatic rings. The van der Waals surface area contributed by atoms with E-state index in [9.17, 15) is 9.65 Å². The molecule has 0 saturated carbocycles. The van der Waals surface area contributed by atoms with Gasteiger partial charge >= 0.3 is 0 Å². The van der Waals surface area contributed by atoms with Crippen molar-refractivity contribution in [1.29, 1.82) is 5.26 Å². The molecule has 0 amide bonds. The number of fused-ring (bicyclic) bond motifs is 4. The van der Waals surface area contributed by atoms with E-state index >= 15 is 0 Å². The van der Waals surface area contributed by atoms with E-state index in [4.69, 9.17) is 0 Å². The van der Waals surface area contributed by atoms with Crippen molar-refractivity contribution in [3.05, 3.63) is 65.4 Å². The fourth-order valence-corrected chi connectivity index (χ4v) is 5.92. The van der Waals surface area contributed by atoms with Gasteiger partial charge in [-0.05, 0) is 60.9 Å². The van der Waals surface area contributed by atoms with Crippen molar-refractivity contribution < 1.29 is 4.39 Å². The van der Waals surface area contributed by atoms with Crippen LogP contribution in [0.25, 0.3) is 10.9 Å². The van der Waals surface area contributed by atoms with Gasteiger partial charge in [0.05, 0.1) is 17.1 Å². The van der Waals surface area contributed by atoms with Crippen LogP contribution in [0.4, 0.5) is 15.8 Å². The van der Waals surface area contributed by atoms with E-state index in [1.54, 1.807) is 6.20 Å². The van der Waals surface area contributed by atoms with Gasteiger partial charge in [-0.2, -0.15) is 5.26 Å². The summed E-state index contributed by atoms with van der Waals surface area (Å²) in [6, 6.07) is 17.9. The minimum absolute atomic E-state index is 0.194. The molecular formula is C27H29FN6. The molecule has 6 rings (SSSR count). The van der Waals surface area contributed by atoms with Crippen LogP contribution in [0.3, 0.4) is 0 Å². The predicted octanol–water partition coefficient (Wildman–Crippen LogP) is 3.98. The molecule has 3 aliphatic rings. The largest absolute Gasteiger partial charge is 0.383 e. The third kappa shape index (κ3) is 3.67. The van der Waals surface area contributed by atoms with Gasteiger partial charge in [0.25, 0.3) is 0 Å². The molecule has 2 saturated heterocycles. The predicted molar refractivity (Wildman–Crippen MR) is 133 cm³/mol. The molecule has 2 fully saturated rings. The molecule has 4 unspecified atom stereocenters. The van der Waals surface area contributed by atoms with Gasteiger partial charge in [0.2, 0.25) is 0 Å². The summed E-state index contributed by atoms with van der Waals surface area (Å²) in [6.07, 6.45) is 1.61. The lowest BCUT2D eigenvalue weighted by Gasteiger charge is -2.43. The van der Waals surface area contributed by atoms with Crippen LogP contribution in [-0.4, -0.2) is 54.3 Å². The molecule has 0 spiro atoms. The number of pyridine rings is 1. The lowest BCUT2D eigenvalue weighted by Crippen LogP contribution is -2.51.